The number of benzene rings is 2. The van der Waals surface area contributed by atoms with Gasteiger partial charge in [0, 0.05) is 23.1 Å². The van der Waals surface area contributed by atoms with E-state index in [2.05, 4.69) is 123 Å². The van der Waals surface area contributed by atoms with Crippen LogP contribution in [-0.4, -0.2) is 25.0 Å². The standard InChI is InChI=1S/C21H24NP.C5H6.Fe/c1-17(22(2)3)20-15-10-16-21(20)23(18-11-6-4-7-12-18)19-13-8-5-9-14-19;1-2-4-5-3-1;/h4-15,17H,16H2,1-3H3;1-4H,5H2;/t17-;;/m1../s1. The topological polar surface area (TPSA) is 3.24 Å². The van der Waals surface area contributed by atoms with Gasteiger partial charge in [0.2, 0.25) is 0 Å². The van der Waals surface area contributed by atoms with Crippen molar-refractivity contribution in [3.05, 3.63) is 108 Å². The van der Waals surface area contributed by atoms with Crippen molar-refractivity contribution in [2.75, 3.05) is 14.1 Å². The maximum atomic E-state index is 2.33. The summed E-state index contributed by atoms with van der Waals surface area (Å²) in [5, 5.41) is 4.48. The Morgan fingerprint density at radius 1 is 0.793 bits per heavy atom. The molecule has 0 aliphatic heterocycles. The van der Waals surface area contributed by atoms with Gasteiger partial charge in [0.15, 0.2) is 0 Å². The summed E-state index contributed by atoms with van der Waals surface area (Å²) in [6, 6.07) is 22.4. The van der Waals surface area contributed by atoms with Crippen molar-refractivity contribution in [2.45, 2.75) is 25.8 Å². The first kappa shape index (κ1) is 23.6. The number of rotatable bonds is 5. The van der Waals surface area contributed by atoms with Crippen molar-refractivity contribution in [3.63, 3.8) is 0 Å². The first-order valence-electron chi connectivity index (χ1n) is 9.96. The summed E-state index contributed by atoms with van der Waals surface area (Å²) < 4.78 is 0. The summed E-state index contributed by atoms with van der Waals surface area (Å²) in [5.74, 6) is 0. The molecule has 4 rings (SSSR count). The van der Waals surface area contributed by atoms with Gasteiger partial charge in [-0.3, -0.25) is 0 Å². The van der Waals surface area contributed by atoms with E-state index < -0.39 is 7.92 Å². The maximum absolute atomic E-state index is 2.33. The molecular weight excluding hydrogens is 413 g/mol. The summed E-state index contributed by atoms with van der Waals surface area (Å²) in [5.41, 5.74) is 1.49. The van der Waals surface area contributed by atoms with Crippen LogP contribution in [0.2, 0.25) is 0 Å². The monoisotopic (exact) mass is 443 g/mol. The average Bonchev–Trinajstić information content (AvgIpc) is 3.45. The molecule has 0 heterocycles. The van der Waals surface area contributed by atoms with E-state index in [0.717, 1.165) is 12.8 Å². The van der Waals surface area contributed by atoms with Crippen LogP contribution in [0.4, 0.5) is 0 Å². The molecule has 0 fully saturated rings. The van der Waals surface area contributed by atoms with Gasteiger partial charge in [0.1, 0.15) is 0 Å². The largest absolute Gasteiger partial charge is 0.303 e. The Kier molecular flexibility index (Phi) is 9.85. The minimum Gasteiger partial charge on any atom is -0.303 e. The SMILES string of the molecule is C1=CCC=C1.C[C@H](C1=C(P(c2ccccc2)c2ccccc2)CC=C1)N(C)C.[Fe]. The number of likely N-dealkylation sites (N-methyl/N-ethyl adjacent to an activating group) is 1. The maximum Gasteiger partial charge on any atom is 0.0317 e. The first-order chi connectivity index (χ1) is 13.7. The van der Waals surface area contributed by atoms with Crippen LogP contribution >= 0.6 is 7.92 Å². The van der Waals surface area contributed by atoms with Gasteiger partial charge < -0.3 is 4.90 Å². The van der Waals surface area contributed by atoms with Crippen molar-refractivity contribution in [3.8, 4) is 0 Å². The zero-order chi connectivity index (χ0) is 19.8. The van der Waals surface area contributed by atoms with Crippen LogP contribution in [0.25, 0.3) is 0 Å². The van der Waals surface area contributed by atoms with Crippen molar-refractivity contribution in [1.29, 1.82) is 0 Å². The predicted molar refractivity (Wildman–Crippen MR) is 126 cm³/mol. The van der Waals surface area contributed by atoms with Gasteiger partial charge in [0.05, 0.1) is 0 Å². The molecule has 2 aromatic carbocycles. The van der Waals surface area contributed by atoms with Crippen molar-refractivity contribution >= 4 is 18.5 Å². The van der Waals surface area contributed by atoms with Gasteiger partial charge in [-0.25, -0.2) is 0 Å². The third-order valence-electron chi connectivity index (χ3n) is 5.12. The van der Waals surface area contributed by atoms with E-state index in [0.29, 0.717) is 6.04 Å². The fraction of sp³-hybridized carbons (Fsp3) is 0.231. The van der Waals surface area contributed by atoms with Crippen LogP contribution in [-0.2, 0) is 17.1 Å². The molecule has 152 valence electrons. The molecule has 2 aliphatic rings. The first-order valence-corrected chi connectivity index (χ1v) is 11.3. The molecule has 1 atom stereocenters. The van der Waals surface area contributed by atoms with Gasteiger partial charge >= 0.3 is 0 Å². The van der Waals surface area contributed by atoms with Crippen LogP contribution in [0, 0.1) is 0 Å². The third-order valence-corrected chi connectivity index (χ3v) is 7.73. The molecule has 0 bridgehead atoms. The number of nitrogens with zero attached hydrogens (tertiary/aromatic N) is 1. The Labute approximate surface area is 188 Å². The van der Waals surface area contributed by atoms with E-state index in [1.54, 1.807) is 5.31 Å². The fourth-order valence-electron chi connectivity index (χ4n) is 3.40. The normalized spacial score (nSPS) is 15.5. The van der Waals surface area contributed by atoms with E-state index in [1.807, 2.05) is 0 Å². The number of hydrogen-bond acceptors (Lipinski definition) is 1. The summed E-state index contributed by atoms with van der Waals surface area (Å²) in [4.78, 5) is 2.30. The molecule has 3 heteroatoms. The van der Waals surface area contributed by atoms with Crippen LogP contribution < -0.4 is 10.6 Å². The Hall–Kier alpha value is -1.69. The van der Waals surface area contributed by atoms with Gasteiger partial charge in [-0.15, -0.1) is 0 Å². The second kappa shape index (κ2) is 12.1. The predicted octanol–water partition coefficient (Wildman–Crippen LogP) is 5.78. The molecule has 2 aliphatic carbocycles. The molecule has 0 radical (unpaired) electrons. The number of hydrogen-bond donors (Lipinski definition) is 0. The second-order valence-electron chi connectivity index (χ2n) is 7.25. The molecule has 1 nitrogen and oxygen atoms in total. The van der Waals surface area contributed by atoms with Crippen molar-refractivity contribution in [2.24, 2.45) is 0 Å². The van der Waals surface area contributed by atoms with Crippen molar-refractivity contribution < 1.29 is 17.1 Å². The van der Waals surface area contributed by atoms with Crippen LogP contribution in [0.5, 0.6) is 0 Å². The molecule has 0 amide bonds. The van der Waals surface area contributed by atoms with E-state index >= 15 is 0 Å². The number of allylic oxidation sites excluding steroid dienone is 6. The minimum atomic E-state index is -0.458. The molecule has 0 saturated heterocycles. The molecule has 0 spiro atoms. The van der Waals surface area contributed by atoms with Gasteiger partial charge in [-0.1, -0.05) is 97.1 Å². The Morgan fingerprint density at radius 2 is 1.31 bits per heavy atom. The minimum absolute atomic E-state index is 0. The van der Waals surface area contributed by atoms with E-state index in [-0.39, 0.29) is 17.1 Å². The average molecular weight is 443 g/mol. The molecule has 2 aromatic rings. The van der Waals surface area contributed by atoms with Crippen molar-refractivity contribution in [1.82, 2.24) is 4.90 Å². The van der Waals surface area contributed by atoms with E-state index in [9.17, 15) is 0 Å². The summed E-state index contributed by atoms with van der Waals surface area (Å²) in [6.45, 7) is 2.30. The van der Waals surface area contributed by atoms with E-state index in [4.69, 9.17) is 0 Å². The quantitative estimate of drug-likeness (QED) is 0.418. The molecule has 0 aromatic heterocycles. The van der Waals surface area contributed by atoms with Gasteiger partial charge in [-0.2, -0.15) is 0 Å². The Bertz CT molecular complexity index is 817. The summed E-state index contributed by atoms with van der Waals surface area (Å²) >= 11 is 0. The fourth-order valence-corrected chi connectivity index (χ4v) is 6.07. The molecule has 0 saturated carbocycles. The zero-order valence-corrected chi connectivity index (χ0v) is 19.5. The molecular formula is C26H30FeNP. The third kappa shape index (κ3) is 6.39. The van der Waals surface area contributed by atoms with Gasteiger partial charge in [0.25, 0.3) is 0 Å². The Balaban J connectivity index is 0.000000437. The van der Waals surface area contributed by atoms with Crippen LogP contribution in [0.15, 0.2) is 108 Å². The van der Waals surface area contributed by atoms with Crippen LogP contribution in [0.1, 0.15) is 19.8 Å². The van der Waals surface area contributed by atoms with E-state index in [1.165, 1.54) is 16.2 Å². The molecule has 29 heavy (non-hydrogen) atoms. The summed E-state index contributed by atoms with van der Waals surface area (Å²) in [7, 11) is 3.86. The Morgan fingerprint density at radius 3 is 1.72 bits per heavy atom. The molecule has 0 unspecified atom stereocenters. The molecule has 0 N–H and O–H groups in total. The van der Waals surface area contributed by atoms with Crippen LogP contribution in [0.3, 0.4) is 0 Å². The summed E-state index contributed by atoms with van der Waals surface area (Å²) in [6.07, 6.45) is 15.2. The zero-order valence-electron chi connectivity index (χ0n) is 17.5. The smallest absolute Gasteiger partial charge is 0.0317 e. The van der Waals surface area contributed by atoms with Gasteiger partial charge in [-0.05, 0) is 63.3 Å². The second-order valence-corrected chi connectivity index (χ2v) is 9.49.